The summed E-state index contributed by atoms with van der Waals surface area (Å²) in [6.07, 6.45) is 5.93. The van der Waals surface area contributed by atoms with Crippen LogP contribution in [-0.4, -0.2) is 25.8 Å². The van der Waals surface area contributed by atoms with Gasteiger partial charge in [-0.25, -0.2) is 4.79 Å². The van der Waals surface area contributed by atoms with Gasteiger partial charge in [-0.1, -0.05) is 13.0 Å². The second-order valence-corrected chi connectivity index (χ2v) is 8.09. The highest BCUT2D eigenvalue weighted by atomic mass is 32.1. The molecule has 6 nitrogen and oxygen atoms in total. The van der Waals surface area contributed by atoms with Crippen molar-refractivity contribution in [1.82, 2.24) is 0 Å². The molecule has 4 rings (SSSR count). The zero-order valence-corrected chi connectivity index (χ0v) is 16.6. The summed E-state index contributed by atoms with van der Waals surface area (Å²) in [5, 5.41) is 3.42. The number of fused-ring (bicyclic) bond motifs is 2. The van der Waals surface area contributed by atoms with Crippen molar-refractivity contribution in [2.45, 2.75) is 26.2 Å². The van der Waals surface area contributed by atoms with Crippen molar-refractivity contribution < 1.29 is 23.8 Å². The highest BCUT2D eigenvalue weighted by Crippen LogP contribution is 2.40. The normalized spacial score (nSPS) is 17.4. The second kappa shape index (κ2) is 7.67. The molecule has 7 heteroatoms. The fraction of sp³-hybridized carbons (Fsp3) is 0.333. The van der Waals surface area contributed by atoms with Gasteiger partial charge in [-0.3, -0.25) is 4.79 Å². The number of anilines is 1. The van der Waals surface area contributed by atoms with E-state index < -0.39 is 5.97 Å². The summed E-state index contributed by atoms with van der Waals surface area (Å²) in [5.74, 6) is 1.24. The Hall–Kier alpha value is -2.80. The molecular weight excluding hydrogens is 378 g/mol. The number of hydrogen-bond acceptors (Lipinski definition) is 6. The topological polar surface area (TPSA) is 73.9 Å². The Bertz CT molecular complexity index is 962. The van der Waals surface area contributed by atoms with Gasteiger partial charge in [0.2, 0.25) is 12.7 Å². The molecular formula is C21H21NO5S. The number of hydrogen-bond donors (Lipinski definition) is 1. The molecule has 0 bridgehead atoms. The summed E-state index contributed by atoms with van der Waals surface area (Å²) < 4.78 is 15.6. The molecule has 1 aromatic heterocycles. The molecule has 1 atom stereocenters. The van der Waals surface area contributed by atoms with Gasteiger partial charge in [0, 0.05) is 11.0 Å². The predicted octanol–water partition coefficient (Wildman–Crippen LogP) is 4.04. The minimum atomic E-state index is -0.401. The van der Waals surface area contributed by atoms with Crippen LogP contribution in [0.15, 0.2) is 24.3 Å². The molecule has 146 valence electrons. The predicted molar refractivity (Wildman–Crippen MR) is 107 cm³/mol. The van der Waals surface area contributed by atoms with E-state index in [9.17, 15) is 9.59 Å². The first-order chi connectivity index (χ1) is 13.5. The molecule has 1 amide bonds. The van der Waals surface area contributed by atoms with Crippen LogP contribution in [0.4, 0.5) is 5.00 Å². The molecule has 1 N–H and O–H groups in total. The minimum Gasteiger partial charge on any atom is -0.465 e. The molecule has 0 radical (unpaired) electrons. The molecule has 2 aliphatic rings. The molecule has 1 aromatic carbocycles. The molecule has 0 saturated carbocycles. The molecule has 2 aromatic rings. The van der Waals surface area contributed by atoms with E-state index in [4.69, 9.17) is 14.2 Å². The fourth-order valence-corrected chi connectivity index (χ4v) is 4.90. The smallest absolute Gasteiger partial charge is 0.341 e. The molecule has 0 saturated heterocycles. The van der Waals surface area contributed by atoms with Crippen LogP contribution in [0.2, 0.25) is 0 Å². The Morgan fingerprint density at radius 3 is 2.93 bits per heavy atom. The average molecular weight is 399 g/mol. The molecule has 1 aliphatic heterocycles. The number of ether oxygens (including phenoxy) is 3. The zero-order valence-electron chi connectivity index (χ0n) is 15.7. The van der Waals surface area contributed by atoms with Crippen LogP contribution in [0.3, 0.4) is 0 Å². The third kappa shape index (κ3) is 3.62. The maximum atomic E-state index is 12.5. The number of nitrogens with one attached hydrogen (secondary N) is 1. The molecule has 28 heavy (non-hydrogen) atoms. The van der Waals surface area contributed by atoms with Crippen LogP contribution >= 0.6 is 11.3 Å². The summed E-state index contributed by atoms with van der Waals surface area (Å²) >= 11 is 1.47. The summed E-state index contributed by atoms with van der Waals surface area (Å²) in [7, 11) is 1.36. The second-order valence-electron chi connectivity index (χ2n) is 6.98. The zero-order chi connectivity index (χ0) is 19.7. The highest BCUT2D eigenvalue weighted by Gasteiger charge is 2.28. The monoisotopic (exact) mass is 399 g/mol. The average Bonchev–Trinajstić information content (AvgIpc) is 3.28. The number of carbonyl (C=O) groups is 2. The van der Waals surface area contributed by atoms with Crippen LogP contribution in [0.25, 0.3) is 6.08 Å². The first-order valence-electron chi connectivity index (χ1n) is 9.16. The van der Waals surface area contributed by atoms with Crippen molar-refractivity contribution in [3.8, 4) is 11.5 Å². The largest absolute Gasteiger partial charge is 0.465 e. The van der Waals surface area contributed by atoms with Crippen molar-refractivity contribution >= 4 is 34.3 Å². The lowest BCUT2D eigenvalue weighted by molar-refractivity contribution is -0.111. The van der Waals surface area contributed by atoms with E-state index in [0.29, 0.717) is 28.0 Å². The van der Waals surface area contributed by atoms with Crippen LogP contribution in [0, 0.1) is 5.92 Å². The van der Waals surface area contributed by atoms with Gasteiger partial charge >= 0.3 is 5.97 Å². The first-order valence-corrected chi connectivity index (χ1v) is 9.98. The van der Waals surface area contributed by atoms with Gasteiger partial charge in [-0.15, -0.1) is 11.3 Å². The maximum Gasteiger partial charge on any atom is 0.341 e. The van der Waals surface area contributed by atoms with Gasteiger partial charge in [0.1, 0.15) is 5.00 Å². The third-order valence-electron chi connectivity index (χ3n) is 4.96. The van der Waals surface area contributed by atoms with E-state index in [-0.39, 0.29) is 12.7 Å². The van der Waals surface area contributed by atoms with Crippen molar-refractivity contribution in [3.05, 3.63) is 45.8 Å². The molecule has 0 fully saturated rings. The Labute approximate surface area is 167 Å². The minimum absolute atomic E-state index is 0.209. The van der Waals surface area contributed by atoms with Gasteiger partial charge in [-0.2, -0.15) is 0 Å². The number of methoxy groups -OCH3 is 1. The fourth-order valence-electron chi connectivity index (χ4n) is 3.50. The van der Waals surface area contributed by atoms with E-state index in [1.54, 1.807) is 6.08 Å². The van der Waals surface area contributed by atoms with Crippen molar-refractivity contribution in [2.24, 2.45) is 5.92 Å². The Morgan fingerprint density at radius 1 is 1.29 bits per heavy atom. The molecule has 2 heterocycles. The Morgan fingerprint density at radius 2 is 2.11 bits per heavy atom. The third-order valence-corrected chi connectivity index (χ3v) is 6.13. The van der Waals surface area contributed by atoms with E-state index in [0.717, 1.165) is 35.3 Å². The van der Waals surface area contributed by atoms with E-state index in [2.05, 4.69) is 12.2 Å². The molecule has 0 spiro atoms. The van der Waals surface area contributed by atoms with Crippen molar-refractivity contribution in [1.29, 1.82) is 0 Å². The van der Waals surface area contributed by atoms with Gasteiger partial charge in [0.25, 0.3) is 0 Å². The number of amides is 1. The number of thiophene rings is 1. The van der Waals surface area contributed by atoms with Gasteiger partial charge in [-0.05, 0) is 54.5 Å². The summed E-state index contributed by atoms with van der Waals surface area (Å²) in [5.41, 5.74) is 2.34. The van der Waals surface area contributed by atoms with Crippen LogP contribution in [-0.2, 0) is 22.4 Å². The van der Waals surface area contributed by atoms with Crippen LogP contribution in [0.1, 0.15) is 39.7 Å². The summed E-state index contributed by atoms with van der Waals surface area (Å²) in [6.45, 7) is 2.41. The quantitative estimate of drug-likeness (QED) is 0.620. The molecule has 1 aliphatic carbocycles. The number of rotatable bonds is 4. The number of benzene rings is 1. The Kier molecular flexibility index (Phi) is 5.09. The standard InChI is InChI=1S/C21H21NO5S/c1-12-3-6-14-17(9-12)28-20(19(14)21(24)25-2)22-18(23)8-5-13-4-7-15-16(10-13)27-11-26-15/h4-5,7-8,10,12H,3,6,9,11H2,1-2H3,(H,22,23). The van der Waals surface area contributed by atoms with Crippen LogP contribution in [0.5, 0.6) is 11.5 Å². The van der Waals surface area contributed by atoms with E-state index in [1.807, 2.05) is 18.2 Å². The first kappa shape index (κ1) is 18.6. The van der Waals surface area contributed by atoms with Gasteiger partial charge < -0.3 is 19.5 Å². The lowest BCUT2D eigenvalue weighted by Gasteiger charge is -2.18. The lowest BCUT2D eigenvalue weighted by Crippen LogP contribution is -2.14. The lowest BCUT2D eigenvalue weighted by atomic mass is 9.88. The van der Waals surface area contributed by atoms with Gasteiger partial charge in [0.05, 0.1) is 12.7 Å². The van der Waals surface area contributed by atoms with Gasteiger partial charge in [0.15, 0.2) is 11.5 Å². The van der Waals surface area contributed by atoms with E-state index in [1.165, 1.54) is 24.5 Å². The highest BCUT2D eigenvalue weighted by molar-refractivity contribution is 7.17. The summed E-state index contributed by atoms with van der Waals surface area (Å²) in [6, 6.07) is 5.48. The van der Waals surface area contributed by atoms with Crippen molar-refractivity contribution in [2.75, 3.05) is 19.2 Å². The molecule has 1 unspecified atom stereocenters. The number of carbonyl (C=O) groups excluding carboxylic acids is 2. The van der Waals surface area contributed by atoms with Crippen LogP contribution < -0.4 is 14.8 Å². The van der Waals surface area contributed by atoms with Crippen molar-refractivity contribution in [3.63, 3.8) is 0 Å². The summed E-state index contributed by atoms with van der Waals surface area (Å²) in [4.78, 5) is 25.9. The SMILES string of the molecule is COC(=O)c1c(NC(=O)C=Cc2ccc3c(c2)OCO3)sc2c1CCC(C)C2. The number of esters is 1. The maximum absolute atomic E-state index is 12.5. The van der Waals surface area contributed by atoms with E-state index >= 15 is 0 Å². The Balaban J connectivity index is 1.53.